The van der Waals surface area contributed by atoms with Crippen LogP contribution in [0.15, 0.2) is 121 Å². The summed E-state index contributed by atoms with van der Waals surface area (Å²) in [4.78, 5) is 40.1. The highest BCUT2D eigenvalue weighted by Gasteiger charge is 2.14. The van der Waals surface area contributed by atoms with Crippen LogP contribution in [0.2, 0.25) is 0 Å². The molecule has 0 amide bonds. The van der Waals surface area contributed by atoms with Crippen molar-refractivity contribution < 1.29 is 53.6 Å². The Balaban J connectivity index is 0. The first kappa shape index (κ1) is 72.7. The number of phenolic OH excluding ortho intramolecular Hbond substituents is 2. The van der Waals surface area contributed by atoms with Crippen LogP contribution in [0.5, 0.6) is 17.2 Å². The number of nitrogens with two attached hydrogens (primary N) is 3. The molecule has 0 saturated heterocycles. The first-order valence-corrected chi connectivity index (χ1v) is 22.9. The molecule has 6 rings (SSSR count). The number of rotatable bonds is 22. The molecule has 0 saturated carbocycles. The topological polar surface area (TPSA) is 361 Å². The third kappa shape index (κ3) is 26.6. The van der Waals surface area contributed by atoms with Gasteiger partial charge in [0.15, 0.2) is 0 Å². The van der Waals surface area contributed by atoms with Gasteiger partial charge in [-0.05, 0) is 48.0 Å². The van der Waals surface area contributed by atoms with E-state index in [1.807, 2.05) is 48.5 Å². The largest absolute Gasteiger partial charge is 0.508 e. The van der Waals surface area contributed by atoms with E-state index < -0.39 is 19.7 Å². The molecule has 6 aromatic carbocycles. The summed E-state index contributed by atoms with van der Waals surface area (Å²) in [6.45, 7) is 4.20. The Morgan fingerprint density at radius 1 is 0.487 bits per heavy atom. The number of ether oxygens (including phenoxy) is 5. The van der Waals surface area contributed by atoms with Crippen LogP contribution in [0.3, 0.4) is 0 Å². The van der Waals surface area contributed by atoms with Crippen molar-refractivity contribution in [3.63, 3.8) is 0 Å². The maximum Gasteiger partial charge on any atom is 0.270 e. The molecule has 0 aromatic heterocycles. The van der Waals surface area contributed by atoms with E-state index in [4.69, 9.17) is 57.6 Å². The van der Waals surface area contributed by atoms with E-state index in [0.717, 1.165) is 40.3 Å². The Morgan fingerprint density at radius 3 is 1.31 bits per heavy atom. The van der Waals surface area contributed by atoms with E-state index in [9.17, 15) is 45.6 Å². The fourth-order valence-electron chi connectivity index (χ4n) is 6.19. The molecule has 0 aliphatic carbocycles. The SMILES string of the molecule is COCc1cc(N)ccc1NCCN.COCc1cc([N+](=O)[O-])ccc1NCCN.COCc1cc([N+](=O)[O-])ccc1O.COCc1cc([N+](=O)[O-])ccc1OCc1ccccc1.Cl.Cl.Cl.O=[N+]([O-])c1ccc(O)c(CCl)c1. The molecule has 0 fully saturated rings. The van der Waals surface area contributed by atoms with Crippen LogP contribution < -0.4 is 32.6 Å². The van der Waals surface area contributed by atoms with Crippen LogP contribution in [-0.2, 0) is 57.9 Å². The summed E-state index contributed by atoms with van der Waals surface area (Å²) in [5.41, 5.74) is 23.3. The predicted octanol–water partition coefficient (Wildman–Crippen LogP) is 9.97. The minimum absolute atomic E-state index is 0. The summed E-state index contributed by atoms with van der Waals surface area (Å²) in [5, 5.41) is 66.6. The van der Waals surface area contributed by atoms with Crippen LogP contribution in [0.25, 0.3) is 0 Å². The molecule has 0 radical (unpaired) electrons. The van der Waals surface area contributed by atoms with E-state index >= 15 is 0 Å². The number of phenols is 2. The van der Waals surface area contributed by atoms with Gasteiger partial charge >= 0.3 is 0 Å². The fourth-order valence-corrected chi connectivity index (χ4v) is 6.40. The molecule has 10 N–H and O–H groups in total. The van der Waals surface area contributed by atoms with Gasteiger partial charge in [0.05, 0.1) is 52.0 Å². The molecule has 0 aliphatic rings. The molecular weight excluding hydrogens is 1110 g/mol. The number of non-ortho nitro benzene ring substituents is 4. The maximum absolute atomic E-state index is 10.8. The van der Waals surface area contributed by atoms with Crippen molar-refractivity contribution in [2.75, 3.05) is 71.0 Å². The lowest BCUT2D eigenvalue weighted by molar-refractivity contribution is -0.385. The summed E-state index contributed by atoms with van der Waals surface area (Å²) in [6, 6.07) is 32.1. The van der Waals surface area contributed by atoms with E-state index in [0.29, 0.717) is 61.9 Å². The molecule has 24 nitrogen and oxygen atoms in total. The Labute approximate surface area is 473 Å². The first-order valence-electron chi connectivity index (χ1n) is 22.4. The predicted molar refractivity (Wildman–Crippen MR) is 307 cm³/mol. The molecule has 0 atom stereocenters. The van der Waals surface area contributed by atoms with E-state index in [-0.39, 0.29) is 90.6 Å². The highest BCUT2D eigenvalue weighted by Crippen LogP contribution is 2.28. The van der Waals surface area contributed by atoms with Gasteiger partial charge < -0.3 is 61.7 Å². The van der Waals surface area contributed by atoms with E-state index in [1.165, 1.54) is 67.8 Å². The van der Waals surface area contributed by atoms with Gasteiger partial charge in [0.25, 0.3) is 22.7 Å². The minimum Gasteiger partial charge on any atom is -0.508 e. The average Bonchev–Trinajstić information content (AvgIpc) is 3.39. The molecular formula is C50H65Cl4N9O15. The molecule has 6 aromatic rings. The van der Waals surface area contributed by atoms with Crippen LogP contribution >= 0.6 is 48.8 Å². The molecule has 0 unspecified atom stereocenters. The van der Waals surface area contributed by atoms with Crippen molar-refractivity contribution >= 4 is 88.6 Å². The number of alkyl halides is 1. The fraction of sp³-hybridized carbons (Fsp3) is 0.280. The normalized spacial score (nSPS) is 9.68. The Hall–Kier alpha value is -7.36. The zero-order chi connectivity index (χ0) is 55.7. The number of hydrogen-bond acceptors (Lipinski definition) is 20. The van der Waals surface area contributed by atoms with Gasteiger partial charge in [-0.2, -0.15) is 0 Å². The third-order valence-electron chi connectivity index (χ3n) is 9.73. The van der Waals surface area contributed by atoms with Crippen LogP contribution in [-0.4, -0.2) is 84.5 Å². The van der Waals surface area contributed by atoms with Gasteiger partial charge in [-0.25, -0.2) is 0 Å². The van der Waals surface area contributed by atoms with Gasteiger partial charge in [-0.15, -0.1) is 48.8 Å². The van der Waals surface area contributed by atoms with Crippen molar-refractivity contribution in [2.45, 2.75) is 38.9 Å². The lowest BCUT2D eigenvalue weighted by Gasteiger charge is -2.11. The number of nitro groups is 4. The van der Waals surface area contributed by atoms with Crippen molar-refractivity contribution in [1.82, 2.24) is 0 Å². The number of nitro benzene ring substituents is 4. The summed E-state index contributed by atoms with van der Waals surface area (Å²) in [7, 11) is 6.21. The highest BCUT2D eigenvalue weighted by molar-refractivity contribution is 6.17. The van der Waals surface area contributed by atoms with Crippen LogP contribution in [0, 0.1) is 40.5 Å². The Kier molecular flexibility index (Phi) is 38.1. The zero-order valence-corrected chi connectivity index (χ0v) is 46.1. The number of benzene rings is 6. The highest BCUT2D eigenvalue weighted by atomic mass is 35.5. The van der Waals surface area contributed by atoms with Crippen molar-refractivity contribution in [3.8, 4) is 17.2 Å². The smallest absolute Gasteiger partial charge is 0.270 e. The second-order valence-corrected chi connectivity index (χ2v) is 15.5. The molecule has 0 spiro atoms. The quantitative estimate of drug-likeness (QED) is 0.0144. The van der Waals surface area contributed by atoms with Gasteiger partial charge in [-0.1, -0.05) is 30.3 Å². The monoisotopic (exact) mass is 1170 g/mol. The number of anilines is 3. The standard InChI is InChI=1S/C15H15NO4.C10H15N3O3.C10H17N3O.C8H9NO4.C7H6ClNO3.3ClH/c1-19-11-13-9-14(16(17)18)7-8-15(13)20-10-12-5-3-2-4-6-12;1-16-7-8-6-9(13(14)15)2-3-10(8)12-5-4-11;1-14-7-8-6-9(12)2-3-10(8)13-5-4-11;1-13-5-6-4-7(9(11)12)2-3-8(6)10;8-4-5-3-6(9(11)12)1-2-7(5)10;;;/h2-9H,10-11H2,1H3;2-3,6,12H,4-5,7,11H2,1H3;2-3,6,13H,4-5,7,11-12H2,1H3;2-4,10H,5H2,1H3;1-3,10H,4H2;3*1H. The second-order valence-electron chi connectivity index (χ2n) is 15.3. The number of nitrogen functional groups attached to an aromatic ring is 1. The van der Waals surface area contributed by atoms with Gasteiger partial charge in [0, 0.05) is 148 Å². The molecule has 28 heteroatoms. The maximum atomic E-state index is 10.8. The molecule has 0 bridgehead atoms. The van der Waals surface area contributed by atoms with E-state index in [2.05, 4.69) is 10.6 Å². The molecule has 0 heterocycles. The Bertz CT molecular complexity index is 2740. The first-order chi connectivity index (χ1) is 36.0. The number of aromatic hydroxyl groups is 2. The molecule has 428 valence electrons. The average molecular weight is 1170 g/mol. The second kappa shape index (κ2) is 40.8. The van der Waals surface area contributed by atoms with Gasteiger partial charge in [0.2, 0.25) is 0 Å². The number of hydrogen-bond donors (Lipinski definition) is 7. The van der Waals surface area contributed by atoms with Crippen molar-refractivity contribution in [2.24, 2.45) is 11.5 Å². The lowest BCUT2D eigenvalue weighted by atomic mass is 10.1. The molecule has 78 heavy (non-hydrogen) atoms. The zero-order valence-electron chi connectivity index (χ0n) is 42.9. The van der Waals surface area contributed by atoms with Crippen molar-refractivity contribution in [1.29, 1.82) is 0 Å². The van der Waals surface area contributed by atoms with E-state index in [1.54, 1.807) is 33.5 Å². The number of nitrogens with zero attached hydrogens (tertiary/aromatic N) is 4. The van der Waals surface area contributed by atoms with Crippen LogP contribution in [0.4, 0.5) is 39.8 Å². The number of methoxy groups -OCH3 is 4. The number of halogens is 4. The third-order valence-corrected chi connectivity index (χ3v) is 10.0. The Morgan fingerprint density at radius 2 is 0.859 bits per heavy atom. The lowest BCUT2D eigenvalue weighted by Crippen LogP contribution is -2.14. The van der Waals surface area contributed by atoms with Gasteiger partial charge in [-0.3, -0.25) is 40.5 Å². The number of nitrogens with one attached hydrogen (secondary N) is 2. The van der Waals surface area contributed by atoms with Crippen LogP contribution in [0.1, 0.15) is 33.4 Å². The summed E-state index contributed by atoms with van der Waals surface area (Å²) in [6.07, 6.45) is 0. The van der Waals surface area contributed by atoms with Crippen molar-refractivity contribution in [3.05, 3.63) is 195 Å². The minimum atomic E-state index is -0.532. The summed E-state index contributed by atoms with van der Waals surface area (Å²) < 4.78 is 25.6. The van der Waals surface area contributed by atoms with Gasteiger partial charge in [0.1, 0.15) is 23.9 Å². The summed E-state index contributed by atoms with van der Waals surface area (Å²) in [5.74, 6) is 0.650. The molecule has 0 aliphatic heterocycles. The summed E-state index contributed by atoms with van der Waals surface area (Å²) >= 11 is 5.43.